The molecule has 0 saturated carbocycles. The van der Waals surface area contributed by atoms with Crippen LogP contribution in [0.5, 0.6) is 0 Å². The number of rotatable bonds is 5. The van der Waals surface area contributed by atoms with Gasteiger partial charge in [0.05, 0.1) is 0 Å². The second kappa shape index (κ2) is 6.02. The molecule has 1 rings (SSSR count). The smallest absolute Gasteiger partial charge is 0.193 e. The predicted octanol–water partition coefficient (Wildman–Crippen LogP) is 4.33. The molecule has 2 heteroatoms. The molecule has 0 saturated heterocycles. The van der Waals surface area contributed by atoms with Gasteiger partial charge in [0.2, 0.25) is 0 Å². The van der Waals surface area contributed by atoms with Crippen molar-refractivity contribution in [3.8, 4) is 0 Å². The average Bonchev–Trinajstić information content (AvgIpc) is 2.27. The summed E-state index contributed by atoms with van der Waals surface area (Å²) in [6.07, 6.45) is 4.47. The van der Waals surface area contributed by atoms with Crippen molar-refractivity contribution in [2.45, 2.75) is 32.5 Å². The van der Waals surface area contributed by atoms with Gasteiger partial charge in [-0.1, -0.05) is 49.4 Å². The Bertz CT molecular complexity index is 330. The van der Waals surface area contributed by atoms with Gasteiger partial charge in [-0.3, -0.25) is 0 Å². The lowest BCUT2D eigenvalue weighted by Crippen LogP contribution is -2.34. The molecule has 0 spiro atoms. The molecule has 88 valence electrons. The first-order chi connectivity index (χ1) is 7.56. The van der Waals surface area contributed by atoms with E-state index in [2.05, 4.69) is 63.4 Å². The molecule has 0 amide bonds. The third-order valence-corrected chi connectivity index (χ3v) is 6.41. The van der Waals surface area contributed by atoms with Crippen molar-refractivity contribution in [3.63, 3.8) is 0 Å². The summed E-state index contributed by atoms with van der Waals surface area (Å²) in [7, 11) is -1.55. The minimum Gasteiger partial charge on any atom is -0.417 e. The van der Waals surface area contributed by atoms with E-state index in [1.807, 2.05) is 6.07 Å². The number of benzene rings is 1. The molecule has 0 heterocycles. The molecule has 0 bridgehead atoms. The van der Waals surface area contributed by atoms with Gasteiger partial charge >= 0.3 is 0 Å². The Morgan fingerprint density at radius 2 is 1.88 bits per heavy atom. The lowest BCUT2D eigenvalue weighted by atomic mass is 10.2. The van der Waals surface area contributed by atoms with Gasteiger partial charge in [0.15, 0.2) is 8.32 Å². The van der Waals surface area contributed by atoms with Gasteiger partial charge in [0.25, 0.3) is 0 Å². The van der Waals surface area contributed by atoms with Gasteiger partial charge in [-0.15, -0.1) is 0 Å². The SMILES string of the molecule is CCO[Si](C)(C)C(C)/C=C/c1ccccc1. The summed E-state index contributed by atoms with van der Waals surface area (Å²) in [6, 6.07) is 10.4. The molecule has 0 fully saturated rings. The second-order valence-electron chi connectivity index (χ2n) is 4.59. The first-order valence-electron chi connectivity index (χ1n) is 5.93. The largest absolute Gasteiger partial charge is 0.417 e. The first kappa shape index (κ1) is 13.2. The molecule has 0 aromatic heterocycles. The minimum atomic E-state index is -1.55. The molecule has 0 N–H and O–H groups in total. The van der Waals surface area contributed by atoms with Crippen molar-refractivity contribution >= 4 is 14.4 Å². The maximum atomic E-state index is 5.87. The van der Waals surface area contributed by atoms with Crippen LogP contribution in [0.3, 0.4) is 0 Å². The van der Waals surface area contributed by atoms with Crippen molar-refractivity contribution < 1.29 is 4.43 Å². The molecule has 0 aliphatic carbocycles. The molecule has 1 aromatic carbocycles. The fourth-order valence-electron chi connectivity index (χ4n) is 1.55. The van der Waals surface area contributed by atoms with Crippen LogP contribution in [0.4, 0.5) is 0 Å². The quantitative estimate of drug-likeness (QED) is 0.689. The Morgan fingerprint density at radius 3 is 2.44 bits per heavy atom. The summed E-state index contributed by atoms with van der Waals surface area (Å²) in [4.78, 5) is 0. The molecule has 16 heavy (non-hydrogen) atoms. The monoisotopic (exact) mass is 234 g/mol. The Kier molecular flexibility index (Phi) is 4.96. The average molecular weight is 234 g/mol. The summed E-state index contributed by atoms with van der Waals surface area (Å²) in [5, 5.41) is 0. The van der Waals surface area contributed by atoms with Crippen molar-refractivity contribution in [1.82, 2.24) is 0 Å². The highest BCUT2D eigenvalue weighted by atomic mass is 28.4. The van der Waals surface area contributed by atoms with E-state index in [1.165, 1.54) is 5.56 Å². The Balaban J connectivity index is 2.64. The van der Waals surface area contributed by atoms with E-state index in [0.29, 0.717) is 5.54 Å². The van der Waals surface area contributed by atoms with Gasteiger partial charge in [-0.25, -0.2) is 0 Å². The van der Waals surface area contributed by atoms with Crippen molar-refractivity contribution in [2.24, 2.45) is 0 Å². The van der Waals surface area contributed by atoms with Gasteiger partial charge in [-0.2, -0.15) is 0 Å². The summed E-state index contributed by atoms with van der Waals surface area (Å²) in [5.74, 6) is 0. The van der Waals surface area contributed by atoms with E-state index in [0.717, 1.165) is 6.61 Å². The van der Waals surface area contributed by atoms with Crippen molar-refractivity contribution in [2.75, 3.05) is 6.61 Å². The normalized spacial score (nSPS) is 14.2. The molecule has 0 radical (unpaired) electrons. The van der Waals surface area contributed by atoms with E-state index in [9.17, 15) is 0 Å². The van der Waals surface area contributed by atoms with Crippen LogP contribution >= 0.6 is 0 Å². The zero-order valence-electron chi connectivity index (χ0n) is 10.7. The van der Waals surface area contributed by atoms with Gasteiger partial charge in [0.1, 0.15) is 0 Å². The Morgan fingerprint density at radius 1 is 1.25 bits per heavy atom. The molecule has 0 aliphatic rings. The third kappa shape index (κ3) is 3.95. The fourth-order valence-corrected chi connectivity index (χ4v) is 3.12. The van der Waals surface area contributed by atoms with Crippen LogP contribution in [0.25, 0.3) is 6.08 Å². The van der Waals surface area contributed by atoms with E-state index in [4.69, 9.17) is 4.43 Å². The van der Waals surface area contributed by atoms with E-state index in [1.54, 1.807) is 0 Å². The summed E-state index contributed by atoms with van der Waals surface area (Å²) < 4.78 is 5.87. The predicted molar refractivity (Wildman–Crippen MR) is 74.0 cm³/mol. The molecule has 0 aliphatic heterocycles. The van der Waals surface area contributed by atoms with Crippen LogP contribution in [-0.2, 0) is 4.43 Å². The zero-order valence-corrected chi connectivity index (χ0v) is 11.7. The topological polar surface area (TPSA) is 9.23 Å². The number of hydrogen-bond donors (Lipinski definition) is 0. The first-order valence-corrected chi connectivity index (χ1v) is 8.92. The van der Waals surface area contributed by atoms with E-state index in [-0.39, 0.29) is 0 Å². The van der Waals surface area contributed by atoms with Gasteiger partial charge in [0, 0.05) is 6.61 Å². The number of hydrogen-bond acceptors (Lipinski definition) is 1. The lowest BCUT2D eigenvalue weighted by molar-refractivity contribution is 0.325. The molecule has 1 atom stereocenters. The van der Waals surface area contributed by atoms with Crippen LogP contribution < -0.4 is 0 Å². The molecular weight excluding hydrogens is 212 g/mol. The van der Waals surface area contributed by atoms with Gasteiger partial charge < -0.3 is 4.43 Å². The van der Waals surface area contributed by atoms with Crippen LogP contribution in [0, 0.1) is 0 Å². The van der Waals surface area contributed by atoms with Crippen molar-refractivity contribution in [3.05, 3.63) is 42.0 Å². The lowest BCUT2D eigenvalue weighted by Gasteiger charge is -2.26. The van der Waals surface area contributed by atoms with Crippen molar-refractivity contribution in [1.29, 1.82) is 0 Å². The highest BCUT2D eigenvalue weighted by molar-refractivity contribution is 6.73. The maximum absolute atomic E-state index is 5.87. The molecule has 1 unspecified atom stereocenters. The highest BCUT2D eigenvalue weighted by Gasteiger charge is 2.27. The molecule has 1 aromatic rings. The number of allylic oxidation sites excluding steroid dienone is 1. The summed E-state index contributed by atoms with van der Waals surface area (Å²) in [6.45, 7) is 9.69. The standard InChI is InChI=1S/C14H22OSi/c1-5-15-16(3,4)13(2)11-12-14-9-7-6-8-10-14/h6-13H,5H2,1-4H3/b12-11+. The van der Waals surface area contributed by atoms with Crippen LogP contribution in [0.1, 0.15) is 19.4 Å². The Hall–Kier alpha value is -0.863. The van der Waals surface area contributed by atoms with Crippen LogP contribution in [-0.4, -0.2) is 14.9 Å². The zero-order chi connectivity index (χ0) is 12.0. The molecular formula is C14H22OSi. The highest BCUT2D eigenvalue weighted by Crippen LogP contribution is 2.24. The summed E-state index contributed by atoms with van der Waals surface area (Å²) in [5.41, 5.74) is 1.79. The van der Waals surface area contributed by atoms with Crippen LogP contribution in [0.15, 0.2) is 36.4 Å². The summed E-state index contributed by atoms with van der Waals surface area (Å²) >= 11 is 0. The van der Waals surface area contributed by atoms with Crippen LogP contribution in [0.2, 0.25) is 18.6 Å². The van der Waals surface area contributed by atoms with E-state index < -0.39 is 8.32 Å². The maximum Gasteiger partial charge on any atom is 0.193 e. The molecule has 1 nitrogen and oxygen atoms in total. The third-order valence-electron chi connectivity index (χ3n) is 2.99. The van der Waals surface area contributed by atoms with E-state index >= 15 is 0 Å². The fraction of sp³-hybridized carbons (Fsp3) is 0.429. The second-order valence-corrected chi connectivity index (χ2v) is 9.00. The Labute approximate surface area is 100 Å². The minimum absolute atomic E-state index is 0.535. The van der Waals surface area contributed by atoms with Gasteiger partial charge in [-0.05, 0) is 31.1 Å².